The van der Waals surface area contributed by atoms with Gasteiger partial charge in [0.1, 0.15) is 6.26 Å². The first-order chi connectivity index (χ1) is 10.1. The molecule has 1 saturated heterocycles. The van der Waals surface area contributed by atoms with Crippen LogP contribution in [0.1, 0.15) is 19.5 Å². The molecule has 6 heteroatoms. The molecule has 3 rings (SSSR count). The highest BCUT2D eigenvalue weighted by molar-refractivity contribution is 6.30. The maximum atomic E-state index is 5.90. The van der Waals surface area contributed by atoms with E-state index in [1.165, 1.54) is 0 Å². The summed E-state index contributed by atoms with van der Waals surface area (Å²) < 4.78 is 5.59. The Labute approximate surface area is 142 Å². The number of piperazine rings is 1. The highest BCUT2D eigenvalue weighted by Crippen LogP contribution is 2.21. The largest absolute Gasteiger partial charge is 0.444 e. The number of halogens is 2. The molecular formula is C16H21Cl2N3O. The monoisotopic (exact) mass is 341 g/mol. The second-order valence-corrected chi connectivity index (χ2v) is 6.25. The molecular weight excluding hydrogens is 321 g/mol. The van der Waals surface area contributed by atoms with Gasteiger partial charge in [0.25, 0.3) is 0 Å². The van der Waals surface area contributed by atoms with Gasteiger partial charge in [-0.25, -0.2) is 4.98 Å². The van der Waals surface area contributed by atoms with Crippen LogP contribution in [0.4, 0.5) is 0 Å². The Bertz CT molecular complexity index is 590. The third-order valence-electron chi connectivity index (χ3n) is 3.66. The van der Waals surface area contributed by atoms with Crippen LogP contribution < -0.4 is 5.32 Å². The number of nitrogens with zero attached hydrogens (tertiary/aromatic N) is 2. The fraction of sp³-hybridized carbons (Fsp3) is 0.438. The lowest BCUT2D eigenvalue weighted by atomic mass is 10.1. The van der Waals surface area contributed by atoms with E-state index in [1.807, 2.05) is 24.3 Å². The molecule has 2 heterocycles. The molecule has 0 radical (unpaired) electrons. The van der Waals surface area contributed by atoms with Crippen molar-refractivity contribution in [1.82, 2.24) is 15.2 Å². The van der Waals surface area contributed by atoms with Crippen molar-refractivity contribution in [3.63, 3.8) is 0 Å². The predicted octanol–water partition coefficient (Wildman–Crippen LogP) is 3.60. The molecule has 0 bridgehead atoms. The molecule has 1 aliphatic rings. The van der Waals surface area contributed by atoms with Crippen LogP contribution in [0, 0.1) is 0 Å². The topological polar surface area (TPSA) is 41.3 Å². The smallest absolute Gasteiger partial charge is 0.226 e. The zero-order valence-electron chi connectivity index (χ0n) is 12.8. The summed E-state index contributed by atoms with van der Waals surface area (Å²) in [6.45, 7) is 7.32. The van der Waals surface area contributed by atoms with E-state index in [-0.39, 0.29) is 12.4 Å². The van der Waals surface area contributed by atoms with Gasteiger partial charge in [0, 0.05) is 42.3 Å². The Hall–Kier alpha value is -1.07. The molecule has 4 nitrogen and oxygen atoms in total. The van der Waals surface area contributed by atoms with Gasteiger partial charge < -0.3 is 9.73 Å². The normalized spacial score (nSPS) is 22.3. The maximum absolute atomic E-state index is 5.90. The van der Waals surface area contributed by atoms with E-state index in [0.717, 1.165) is 30.9 Å². The van der Waals surface area contributed by atoms with E-state index in [4.69, 9.17) is 16.0 Å². The molecule has 0 aliphatic carbocycles. The van der Waals surface area contributed by atoms with Crippen molar-refractivity contribution in [2.24, 2.45) is 0 Å². The molecule has 1 aliphatic heterocycles. The van der Waals surface area contributed by atoms with Gasteiger partial charge in [0.15, 0.2) is 0 Å². The van der Waals surface area contributed by atoms with Crippen molar-refractivity contribution >= 4 is 24.0 Å². The molecule has 1 fully saturated rings. The zero-order chi connectivity index (χ0) is 14.8. The van der Waals surface area contributed by atoms with Gasteiger partial charge in [0.05, 0.1) is 5.69 Å². The zero-order valence-corrected chi connectivity index (χ0v) is 14.3. The fourth-order valence-electron chi connectivity index (χ4n) is 2.90. The highest BCUT2D eigenvalue weighted by atomic mass is 35.5. The lowest BCUT2D eigenvalue weighted by Crippen LogP contribution is -2.53. The lowest BCUT2D eigenvalue weighted by molar-refractivity contribution is 0.165. The number of nitrogens with one attached hydrogen (secondary N) is 1. The summed E-state index contributed by atoms with van der Waals surface area (Å²) in [5, 5.41) is 4.25. The molecule has 2 atom stereocenters. The maximum Gasteiger partial charge on any atom is 0.226 e. The Morgan fingerprint density at radius 2 is 1.86 bits per heavy atom. The van der Waals surface area contributed by atoms with E-state index in [0.29, 0.717) is 23.0 Å². The van der Waals surface area contributed by atoms with Crippen molar-refractivity contribution in [2.75, 3.05) is 13.1 Å². The summed E-state index contributed by atoms with van der Waals surface area (Å²) in [6.07, 6.45) is 1.75. The molecule has 0 spiro atoms. The van der Waals surface area contributed by atoms with Crippen LogP contribution in [0.3, 0.4) is 0 Å². The number of hydrogen-bond donors (Lipinski definition) is 1. The molecule has 0 amide bonds. The third kappa shape index (κ3) is 4.23. The Morgan fingerprint density at radius 3 is 2.50 bits per heavy atom. The SMILES string of the molecule is CC1CN(Cc2coc(-c3ccc(Cl)cc3)n2)CC(C)N1.Cl. The summed E-state index contributed by atoms with van der Waals surface area (Å²) in [5.74, 6) is 0.651. The van der Waals surface area contributed by atoms with Crippen LogP contribution in [-0.4, -0.2) is 35.1 Å². The van der Waals surface area contributed by atoms with Crippen molar-refractivity contribution in [2.45, 2.75) is 32.5 Å². The van der Waals surface area contributed by atoms with Crippen molar-refractivity contribution < 1.29 is 4.42 Å². The third-order valence-corrected chi connectivity index (χ3v) is 3.91. The van der Waals surface area contributed by atoms with E-state index in [2.05, 4.69) is 29.0 Å². The number of oxazole rings is 1. The lowest BCUT2D eigenvalue weighted by Gasteiger charge is -2.35. The number of aromatic nitrogens is 1. The summed E-state index contributed by atoms with van der Waals surface area (Å²) in [5.41, 5.74) is 1.92. The van der Waals surface area contributed by atoms with E-state index >= 15 is 0 Å². The van der Waals surface area contributed by atoms with Crippen molar-refractivity contribution in [3.8, 4) is 11.5 Å². The van der Waals surface area contributed by atoms with E-state index < -0.39 is 0 Å². The van der Waals surface area contributed by atoms with Crippen LogP contribution in [-0.2, 0) is 6.54 Å². The van der Waals surface area contributed by atoms with Crippen LogP contribution in [0.15, 0.2) is 34.9 Å². The number of benzene rings is 1. The van der Waals surface area contributed by atoms with Gasteiger partial charge >= 0.3 is 0 Å². The Kier molecular flexibility index (Phi) is 5.87. The van der Waals surface area contributed by atoms with Crippen LogP contribution in [0.2, 0.25) is 5.02 Å². The second-order valence-electron chi connectivity index (χ2n) is 5.81. The fourth-order valence-corrected chi connectivity index (χ4v) is 3.03. The van der Waals surface area contributed by atoms with E-state index in [1.54, 1.807) is 6.26 Å². The van der Waals surface area contributed by atoms with Crippen LogP contribution in [0.25, 0.3) is 11.5 Å². The summed E-state index contributed by atoms with van der Waals surface area (Å²) in [7, 11) is 0. The van der Waals surface area contributed by atoms with E-state index in [9.17, 15) is 0 Å². The predicted molar refractivity (Wildman–Crippen MR) is 91.5 cm³/mol. The first-order valence-electron chi connectivity index (χ1n) is 7.29. The minimum Gasteiger partial charge on any atom is -0.444 e. The molecule has 22 heavy (non-hydrogen) atoms. The minimum atomic E-state index is 0. The Morgan fingerprint density at radius 1 is 1.23 bits per heavy atom. The quantitative estimate of drug-likeness (QED) is 0.925. The number of hydrogen-bond acceptors (Lipinski definition) is 4. The van der Waals surface area contributed by atoms with Gasteiger partial charge in [-0.2, -0.15) is 0 Å². The van der Waals surface area contributed by atoms with Gasteiger partial charge in [-0.1, -0.05) is 11.6 Å². The molecule has 1 N–H and O–H groups in total. The summed E-state index contributed by atoms with van der Waals surface area (Å²) >= 11 is 5.90. The summed E-state index contributed by atoms with van der Waals surface area (Å²) in [4.78, 5) is 6.99. The molecule has 2 unspecified atom stereocenters. The molecule has 1 aromatic carbocycles. The minimum absolute atomic E-state index is 0. The van der Waals surface area contributed by atoms with Gasteiger partial charge in [0.2, 0.25) is 5.89 Å². The highest BCUT2D eigenvalue weighted by Gasteiger charge is 2.21. The first kappa shape index (κ1) is 17.3. The van der Waals surface area contributed by atoms with Gasteiger partial charge in [-0.15, -0.1) is 12.4 Å². The molecule has 0 saturated carbocycles. The average molecular weight is 342 g/mol. The average Bonchev–Trinajstić information content (AvgIpc) is 2.87. The van der Waals surface area contributed by atoms with Gasteiger partial charge in [-0.3, -0.25) is 4.90 Å². The first-order valence-corrected chi connectivity index (χ1v) is 7.66. The van der Waals surface area contributed by atoms with Gasteiger partial charge in [-0.05, 0) is 38.1 Å². The summed E-state index contributed by atoms with van der Waals surface area (Å²) in [6, 6.07) is 8.56. The Balaban J connectivity index is 0.00000176. The van der Waals surface area contributed by atoms with Crippen molar-refractivity contribution in [1.29, 1.82) is 0 Å². The molecule has 2 aromatic rings. The molecule has 1 aromatic heterocycles. The number of rotatable bonds is 3. The standard InChI is InChI=1S/C16H20ClN3O.ClH/c1-11-7-20(8-12(2)18-11)9-15-10-21-16(19-15)13-3-5-14(17)6-4-13;/h3-6,10-12,18H,7-9H2,1-2H3;1H. The van der Waals surface area contributed by atoms with Crippen molar-refractivity contribution in [3.05, 3.63) is 41.2 Å². The van der Waals surface area contributed by atoms with Crippen LogP contribution >= 0.6 is 24.0 Å². The second kappa shape index (κ2) is 7.47. The molecule has 120 valence electrons. The van der Waals surface area contributed by atoms with Crippen LogP contribution in [0.5, 0.6) is 0 Å².